The number of hydrogen-bond acceptors (Lipinski definition) is 2. The Hall–Kier alpha value is -1.78. The third kappa shape index (κ3) is 3.38. The molecule has 1 saturated carbocycles. The van der Waals surface area contributed by atoms with Crippen molar-refractivity contribution in [1.29, 1.82) is 0 Å². The maximum absolute atomic E-state index is 13.2. The van der Waals surface area contributed by atoms with Crippen molar-refractivity contribution in [2.24, 2.45) is 0 Å². The summed E-state index contributed by atoms with van der Waals surface area (Å²) >= 11 is 6.42. The van der Waals surface area contributed by atoms with E-state index in [1.54, 1.807) is 0 Å². The van der Waals surface area contributed by atoms with E-state index >= 15 is 0 Å². The summed E-state index contributed by atoms with van der Waals surface area (Å²) in [7, 11) is 2.21. The van der Waals surface area contributed by atoms with Gasteiger partial charge < -0.3 is 9.47 Å². The lowest BCUT2D eigenvalue weighted by atomic mass is 9.81. The molecular weight excluding hydrogens is 394 g/mol. The zero-order chi connectivity index (χ0) is 20.7. The zero-order valence-corrected chi connectivity index (χ0v) is 18.7. The number of likely N-dealkylation sites (N-methyl/N-ethyl adjacent to an activating group) is 1. The SMILES string of the molecule is CN1CCn2c(Cl)ccc2C12CCN(C(=O)c1ccc(C3CCCCC3)cc1)CC2. The number of benzene rings is 1. The van der Waals surface area contributed by atoms with Crippen LogP contribution in [0, 0.1) is 0 Å². The van der Waals surface area contributed by atoms with Crippen LogP contribution >= 0.6 is 11.6 Å². The highest BCUT2D eigenvalue weighted by Crippen LogP contribution is 2.42. The van der Waals surface area contributed by atoms with Crippen LogP contribution in [-0.4, -0.2) is 47.0 Å². The summed E-state index contributed by atoms with van der Waals surface area (Å²) in [5.74, 6) is 0.856. The maximum Gasteiger partial charge on any atom is 0.253 e. The molecule has 5 heteroatoms. The van der Waals surface area contributed by atoms with Gasteiger partial charge in [0.05, 0.1) is 5.54 Å². The van der Waals surface area contributed by atoms with Gasteiger partial charge in [-0.05, 0) is 68.5 Å². The molecule has 1 aliphatic carbocycles. The Bertz CT molecular complexity index is 905. The van der Waals surface area contributed by atoms with Gasteiger partial charge in [-0.2, -0.15) is 0 Å². The van der Waals surface area contributed by atoms with Crippen LogP contribution in [0.15, 0.2) is 36.4 Å². The quantitative estimate of drug-likeness (QED) is 0.656. The number of piperidine rings is 1. The standard InChI is InChI=1S/C25H32ClN3O/c1-27-17-18-29-22(11-12-23(29)26)25(27)13-15-28(16-14-25)24(30)21-9-7-20(8-10-21)19-5-3-2-4-6-19/h7-12,19H,2-6,13-18H2,1H3. The Morgan fingerprint density at radius 3 is 2.33 bits per heavy atom. The van der Waals surface area contributed by atoms with Crippen molar-refractivity contribution >= 4 is 17.5 Å². The number of likely N-dealkylation sites (tertiary alicyclic amines) is 1. The van der Waals surface area contributed by atoms with Crippen molar-refractivity contribution in [3.63, 3.8) is 0 Å². The van der Waals surface area contributed by atoms with Crippen LogP contribution in [0.2, 0.25) is 5.15 Å². The van der Waals surface area contributed by atoms with Crippen LogP contribution in [0.5, 0.6) is 0 Å². The van der Waals surface area contributed by atoms with Crippen LogP contribution in [0.4, 0.5) is 0 Å². The van der Waals surface area contributed by atoms with Gasteiger partial charge in [0.2, 0.25) is 0 Å². The summed E-state index contributed by atoms with van der Waals surface area (Å²) in [6.07, 6.45) is 8.54. The molecule has 2 aromatic rings. The summed E-state index contributed by atoms with van der Waals surface area (Å²) < 4.78 is 2.25. The number of carbonyl (C=O) groups is 1. The molecule has 3 heterocycles. The van der Waals surface area contributed by atoms with Gasteiger partial charge >= 0.3 is 0 Å². The Kier molecular flexibility index (Phi) is 5.40. The van der Waals surface area contributed by atoms with E-state index < -0.39 is 0 Å². The number of hydrogen-bond donors (Lipinski definition) is 0. The summed E-state index contributed by atoms with van der Waals surface area (Å²) in [6.45, 7) is 3.51. The third-order valence-electron chi connectivity index (χ3n) is 7.91. The van der Waals surface area contributed by atoms with E-state index in [2.05, 4.69) is 34.7 Å². The first kappa shape index (κ1) is 20.1. The monoisotopic (exact) mass is 425 g/mol. The van der Waals surface area contributed by atoms with Gasteiger partial charge in [-0.15, -0.1) is 0 Å². The molecule has 4 nitrogen and oxygen atoms in total. The van der Waals surface area contributed by atoms with E-state index in [1.807, 2.05) is 23.1 Å². The van der Waals surface area contributed by atoms with E-state index in [4.69, 9.17) is 11.6 Å². The first-order valence-corrected chi connectivity index (χ1v) is 11.9. The molecule has 2 aliphatic heterocycles. The minimum atomic E-state index is -0.00693. The number of rotatable bonds is 2. The molecule has 2 fully saturated rings. The smallest absolute Gasteiger partial charge is 0.253 e. The van der Waals surface area contributed by atoms with Crippen molar-refractivity contribution in [3.8, 4) is 0 Å². The average molecular weight is 426 g/mol. The molecule has 0 atom stereocenters. The highest BCUT2D eigenvalue weighted by atomic mass is 35.5. The number of amides is 1. The molecular formula is C25H32ClN3O. The van der Waals surface area contributed by atoms with Crippen molar-refractivity contribution in [3.05, 3.63) is 58.4 Å². The topological polar surface area (TPSA) is 28.5 Å². The Morgan fingerprint density at radius 1 is 0.933 bits per heavy atom. The second-order valence-corrected chi connectivity index (χ2v) is 9.78. The lowest BCUT2D eigenvalue weighted by Gasteiger charge is -2.50. The van der Waals surface area contributed by atoms with E-state index in [9.17, 15) is 4.79 Å². The van der Waals surface area contributed by atoms with Crippen LogP contribution in [0.3, 0.4) is 0 Å². The first-order valence-electron chi connectivity index (χ1n) is 11.5. The van der Waals surface area contributed by atoms with E-state index in [0.717, 1.165) is 49.7 Å². The molecule has 0 bridgehead atoms. The molecule has 0 unspecified atom stereocenters. The number of aromatic nitrogens is 1. The Labute approximate surface area is 184 Å². The lowest BCUT2D eigenvalue weighted by molar-refractivity contribution is 0.0132. The fourth-order valence-corrected chi connectivity index (χ4v) is 6.21. The number of fused-ring (bicyclic) bond motifs is 2. The number of halogens is 1. The molecule has 160 valence electrons. The van der Waals surface area contributed by atoms with E-state index in [-0.39, 0.29) is 11.4 Å². The Balaban J connectivity index is 1.28. The molecule has 0 radical (unpaired) electrons. The molecule has 1 spiro atoms. The predicted octanol–water partition coefficient (Wildman–Crippen LogP) is 5.27. The summed E-state index contributed by atoms with van der Waals surface area (Å²) in [5.41, 5.74) is 3.54. The summed E-state index contributed by atoms with van der Waals surface area (Å²) in [6, 6.07) is 12.7. The molecule has 0 N–H and O–H groups in total. The Morgan fingerprint density at radius 2 is 1.63 bits per heavy atom. The minimum absolute atomic E-state index is 0.00693. The van der Waals surface area contributed by atoms with Crippen molar-refractivity contribution in [2.75, 3.05) is 26.7 Å². The summed E-state index contributed by atoms with van der Waals surface area (Å²) in [4.78, 5) is 17.7. The van der Waals surface area contributed by atoms with Gasteiger partial charge in [-0.1, -0.05) is 43.0 Å². The van der Waals surface area contributed by atoms with Gasteiger partial charge in [0.15, 0.2) is 0 Å². The molecule has 3 aliphatic rings. The molecule has 1 amide bonds. The van der Waals surface area contributed by atoms with Crippen molar-refractivity contribution in [2.45, 2.75) is 62.9 Å². The summed E-state index contributed by atoms with van der Waals surface area (Å²) in [5, 5.41) is 0.828. The van der Waals surface area contributed by atoms with Crippen molar-refractivity contribution in [1.82, 2.24) is 14.4 Å². The minimum Gasteiger partial charge on any atom is -0.338 e. The highest BCUT2D eigenvalue weighted by molar-refractivity contribution is 6.29. The maximum atomic E-state index is 13.2. The van der Waals surface area contributed by atoms with Crippen LogP contribution < -0.4 is 0 Å². The molecule has 30 heavy (non-hydrogen) atoms. The number of nitrogens with zero attached hydrogens (tertiary/aromatic N) is 3. The largest absolute Gasteiger partial charge is 0.338 e. The fraction of sp³-hybridized carbons (Fsp3) is 0.560. The third-order valence-corrected chi connectivity index (χ3v) is 8.24. The van der Waals surface area contributed by atoms with Gasteiger partial charge in [-0.25, -0.2) is 0 Å². The molecule has 1 aromatic heterocycles. The molecule has 1 saturated heterocycles. The van der Waals surface area contributed by atoms with Crippen LogP contribution in [0.25, 0.3) is 0 Å². The first-order chi connectivity index (χ1) is 14.6. The van der Waals surface area contributed by atoms with Crippen molar-refractivity contribution < 1.29 is 4.79 Å². The average Bonchev–Trinajstić information content (AvgIpc) is 3.19. The van der Waals surface area contributed by atoms with Gasteiger partial charge in [0, 0.05) is 37.4 Å². The fourth-order valence-electron chi connectivity index (χ4n) is 5.97. The number of carbonyl (C=O) groups excluding carboxylic acids is 1. The van der Waals surface area contributed by atoms with Gasteiger partial charge in [0.1, 0.15) is 5.15 Å². The van der Waals surface area contributed by atoms with Gasteiger partial charge in [-0.3, -0.25) is 9.69 Å². The lowest BCUT2D eigenvalue weighted by Crippen LogP contribution is -2.56. The van der Waals surface area contributed by atoms with E-state index in [1.165, 1.54) is 43.4 Å². The van der Waals surface area contributed by atoms with Crippen LogP contribution in [-0.2, 0) is 12.1 Å². The predicted molar refractivity (Wildman–Crippen MR) is 121 cm³/mol. The second-order valence-electron chi connectivity index (χ2n) is 9.40. The van der Waals surface area contributed by atoms with Crippen LogP contribution in [0.1, 0.15) is 72.5 Å². The zero-order valence-electron chi connectivity index (χ0n) is 17.9. The second kappa shape index (κ2) is 8.05. The highest BCUT2D eigenvalue weighted by Gasteiger charge is 2.44. The van der Waals surface area contributed by atoms with Gasteiger partial charge in [0.25, 0.3) is 5.91 Å². The molecule has 1 aromatic carbocycles. The molecule has 5 rings (SSSR count). The van der Waals surface area contributed by atoms with E-state index in [0.29, 0.717) is 5.92 Å². The normalized spacial score (nSPS) is 22.3.